The third-order valence-corrected chi connectivity index (χ3v) is 3.66. The Morgan fingerprint density at radius 1 is 1.26 bits per heavy atom. The Hall–Kier alpha value is -1.56. The van der Waals surface area contributed by atoms with Gasteiger partial charge in [0.15, 0.2) is 6.61 Å². The lowest BCUT2D eigenvalue weighted by molar-refractivity contribution is -0.137. The van der Waals surface area contributed by atoms with Crippen molar-refractivity contribution < 1.29 is 14.3 Å². The molecule has 0 aliphatic carbocycles. The molecule has 1 aliphatic rings. The fraction of sp³-hybridized carbons (Fsp3) is 0.385. The highest BCUT2D eigenvalue weighted by atomic mass is 79.9. The summed E-state index contributed by atoms with van der Waals surface area (Å²) in [6, 6.07) is 7.41. The summed E-state index contributed by atoms with van der Waals surface area (Å²) < 4.78 is 6.31. The Morgan fingerprint density at radius 2 is 1.95 bits per heavy atom. The minimum Gasteiger partial charge on any atom is -0.483 e. The number of piperazine rings is 1. The Labute approximate surface area is 120 Å². The average Bonchev–Trinajstić information content (AvgIpc) is 2.46. The van der Waals surface area contributed by atoms with Crippen LogP contribution in [0, 0.1) is 0 Å². The van der Waals surface area contributed by atoms with E-state index in [1.165, 1.54) is 0 Å². The molecular weight excluding hydrogens is 312 g/mol. The van der Waals surface area contributed by atoms with E-state index in [2.05, 4.69) is 15.9 Å². The summed E-state index contributed by atoms with van der Waals surface area (Å²) in [6.45, 7) is 2.33. The van der Waals surface area contributed by atoms with Gasteiger partial charge >= 0.3 is 0 Å². The fourth-order valence-corrected chi connectivity index (χ4v) is 2.27. The number of rotatable bonds is 4. The van der Waals surface area contributed by atoms with Gasteiger partial charge in [0.2, 0.25) is 6.41 Å². The van der Waals surface area contributed by atoms with Gasteiger partial charge in [-0.15, -0.1) is 0 Å². The number of carbonyl (C=O) groups is 2. The number of nitrogens with zero attached hydrogens (tertiary/aromatic N) is 2. The van der Waals surface area contributed by atoms with E-state index in [4.69, 9.17) is 4.74 Å². The summed E-state index contributed by atoms with van der Waals surface area (Å²) in [6.07, 6.45) is 0.819. The maximum atomic E-state index is 12.0. The van der Waals surface area contributed by atoms with Crippen LogP contribution in [0.2, 0.25) is 0 Å². The van der Waals surface area contributed by atoms with E-state index in [1.807, 2.05) is 24.3 Å². The van der Waals surface area contributed by atoms with Crippen LogP contribution < -0.4 is 4.74 Å². The maximum absolute atomic E-state index is 12.0. The largest absolute Gasteiger partial charge is 0.483 e. The van der Waals surface area contributed by atoms with Gasteiger partial charge in [-0.1, -0.05) is 12.1 Å². The zero-order valence-corrected chi connectivity index (χ0v) is 12.0. The van der Waals surface area contributed by atoms with Crippen molar-refractivity contribution in [1.29, 1.82) is 0 Å². The second-order valence-corrected chi connectivity index (χ2v) is 5.10. The number of hydrogen-bond donors (Lipinski definition) is 0. The van der Waals surface area contributed by atoms with Gasteiger partial charge in [0.25, 0.3) is 5.91 Å². The van der Waals surface area contributed by atoms with Crippen LogP contribution in [0.15, 0.2) is 28.7 Å². The molecule has 1 aromatic rings. The van der Waals surface area contributed by atoms with Crippen molar-refractivity contribution in [2.24, 2.45) is 0 Å². The van der Waals surface area contributed by atoms with Crippen LogP contribution >= 0.6 is 15.9 Å². The van der Waals surface area contributed by atoms with Crippen molar-refractivity contribution >= 4 is 28.2 Å². The Bertz CT molecular complexity index is 459. The van der Waals surface area contributed by atoms with E-state index in [0.29, 0.717) is 31.9 Å². The molecule has 5 nitrogen and oxygen atoms in total. The molecule has 6 heteroatoms. The Kier molecular flexibility index (Phi) is 4.79. The van der Waals surface area contributed by atoms with Crippen LogP contribution in [0.1, 0.15) is 0 Å². The standard InChI is InChI=1S/C13H15BrN2O3/c14-11-3-1-2-4-12(11)19-9-13(18)16-7-5-15(10-17)6-8-16/h1-4,10H,5-9H2. The number of hydrogen-bond acceptors (Lipinski definition) is 3. The molecule has 1 aliphatic heterocycles. The van der Waals surface area contributed by atoms with Gasteiger partial charge in [-0.3, -0.25) is 9.59 Å². The molecule has 0 spiro atoms. The van der Waals surface area contributed by atoms with Crippen LogP contribution in [-0.4, -0.2) is 54.9 Å². The van der Waals surface area contributed by atoms with Crippen molar-refractivity contribution in [3.63, 3.8) is 0 Å². The van der Waals surface area contributed by atoms with Gasteiger partial charge in [-0.05, 0) is 28.1 Å². The van der Waals surface area contributed by atoms with Crippen molar-refractivity contribution in [3.8, 4) is 5.75 Å². The molecule has 1 aromatic carbocycles. The summed E-state index contributed by atoms with van der Waals surface area (Å²) in [4.78, 5) is 25.9. The van der Waals surface area contributed by atoms with Crippen molar-refractivity contribution in [3.05, 3.63) is 28.7 Å². The highest BCUT2D eigenvalue weighted by molar-refractivity contribution is 9.10. The molecule has 102 valence electrons. The molecule has 1 saturated heterocycles. The predicted octanol–water partition coefficient (Wildman–Crippen LogP) is 1.13. The molecule has 1 fully saturated rings. The van der Waals surface area contributed by atoms with Crippen molar-refractivity contribution in [1.82, 2.24) is 9.80 Å². The molecule has 0 bridgehead atoms. The van der Waals surface area contributed by atoms with Crippen LogP contribution in [-0.2, 0) is 9.59 Å². The SMILES string of the molecule is O=CN1CCN(C(=O)COc2ccccc2Br)CC1. The second-order valence-electron chi connectivity index (χ2n) is 4.24. The zero-order chi connectivity index (χ0) is 13.7. The van der Waals surface area contributed by atoms with Crippen molar-refractivity contribution in [2.75, 3.05) is 32.8 Å². The summed E-state index contributed by atoms with van der Waals surface area (Å²) in [5.74, 6) is 0.601. The highest BCUT2D eigenvalue weighted by Gasteiger charge is 2.20. The fourth-order valence-electron chi connectivity index (χ4n) is 1.87. The highest BCUT2D eigenvalue weighted by Crippen LogP contribution is 2.23. The lowest BCUT2D eigenvalue weighted by Gasteiger charge is -2.32. The topological polar surface area (TPSA) is 49.9 Å². The number of carbonyl (C=O) groups excluding carboxylic acids is 2. The molecule has 0 atom stereocenters. The number of para-hydroxylation sites is 1. The van der Waals surface area contributed by atoms with E-state index in [9.17, 15) is 9.59 Å². The minimum atomic E-state index is -0.0543. The van der Waals surface area contributed by atoms with Gasteiger partial charge in [0.05, 0.1) is 4.47 Å². The molecule has 0 N–H and O–H groups in total. The lowest BCUT2D eigenvalue weighted by atomic mass is 10.3. The van der Waals surface area contributed by atoms with Gasteiger partial charge in [0.1, 0.15) is 5.75 Å². The summed E-state index contributed by atoms with van der Waals surface area (Å²) in [7, 11) is 0. The summed E-state index contributed by atoms with van der Waals surface area (Å²) in [5, 5.41) is 0. The Morgan fingerprint density at radius 3 is 2.58 bits per heavy atom. The number of ether oxygens (including phenoxy) is 1. The van der Waals surface area contributed by atoms with Crippen LogP contribution in [0.3, 0.4) is 0 Å². The molecule has 2 amide bonds. The van der Waals surface area contributed by atoms with Gasteiger partial charge in [-0.2, -0.15) is 0 Å². The lowest BCUT2D eigenvalue weighted by Crippen LogP contribution is -2.49. The molecule has 0 unspecified atom stereocenters. The number of amides is 2. The van der Waals surface area contributed by atoms with E-state index < -0.39 is 0 Å². The third-order valence-electron chi connectivity index (χ3n) is 3.00. The smallest absolute Gasteiger partial charge is 0.260 e. The van der Waals surface area contributed by atoms with Crippen LogP contribution in [0.4, 0.5) is 0 Å². The van der Waals surface area contributed by atoms with Gasteiger partial charge < -0.3 is 14.5 Å². The first-order chi connectivity index (χ1) is 9.20. The number of benzene rings is 1. The van der Waals surface area contributed by atoms with E-state index in [1.54, 1.807) is 9.80 Å². The molecular formula is C13H15BrN2O3. The molecule has 0 aromatic heterocycles. The van der Waals surface area contributed by atoms with E-state index in [-0.39, 0.29) is 12.5 Å². The minimum absolute atomic E-state index is 0.0176. The molecule has 1 heterocycles. The summed E-state index contributed by atoms with van der Waals surface area (Å²) in [5.41, 5.74) is 0. The van der Waals surface area contributed by atoms with Gasteiger partial charge in [-0.25, -0.2) is 0 Å². The average molecular weight is 327 g/mol. The summed E-state index contributed by atoms with van der Waals surface area (Å²) >= 11 is 3.36. The predicted molar refractivity (Wildman–Crippen MR) is 73.9 cm³/mol. The normalized spacial score (nSPS) is 15.2. The molecule has 19 heavy (non-hydrogen) atoms. The zero-order valence-electron chi connectivity index (χ0n) is 10.4. The molecule has 0 saturated carbocycles. The van der Waals surface area contributed by atoms with E-state index in [0.717, 1.165) is 10.9 Å². The first-order valence-corrected chi connectivity index (χ1v) is 6.84. The number of halogens is 1. The first kappa shape index (κ1) is 13.9. The third kappa shape index (κ3) is 3.70. The van der Waals surface area contributed by atoms with Crippen LogP contribution in [0.25, 0.3) is 0 Å². The molecule has 2 rings (SSSR count). The van der Waals surface area contributed by atoms with Crippen molar-refractivity contribution in [2.45, 2.75) is 0 Å². The Balaban J connectivity index is 1.82. The van der Waals surface area contributed by atoms with Gasteiger partial charge in [0, 0.05) is 26.2 Å². The second kappa shape index (κ2) is 6.56. The first-order valence-electron chi connectivity index (χ1n) is 6.05. The monoisotopic (exact) mass is 326 g/mol. The molecule has 0 radical (unpaired) electrons. The maximum Gasteiger partial charge on any atom is 0.260 e. The van der Waals surface area contributed by atoms with Crippen LogP contribution in [0.5, 0.6) is 5.75 Å². The quantitative estimate of drug-likeness (QED) is 0.779. The van der Waals surface area contributed by atoms with E-state index >= 15 is 0 Å².